The van der Waals surface area contributed by atoms with E-state index < -0.39 is 11.8 Å². The normalized spacial score (nSPS) is 11.9. The molecule has 1 amide bonds. The number of amides is 1. The first-order valence-electron chi connectivity index (χ1n) is 7.06. The first-order chi connectivity index (χ1) is 10.9. The lowest BCUT2D eigenvalue weighted by Gasteiger charge is -2.15. The van der Waals surface area contributed by atoms with Crippen LogP contribution < -0.4 is 10.5 Å². The summed E-state index contributed by atoms with van der Waals surface area (Å²) >= 11 is 5.85. The fourth-order valence-electron chi connectivity index (χ4n) is 2.47. The number of carbonyl (C=O) groups is 1. The Bertz CT molecular complexity index is 700. The van der Waals surface area contributed by atoms with Gasteiger partial charge in [0.25, 0.3) is 0 Å². The third kappa shape index (κ3) is 3.87. The molecule has 0 bridgehead atoms. The molecule has 0 fully saturated rings. The van der Waals surface area contributed by atoms with Crippen molar-refractivity contribution in [1.29, 1.82) is 0 Å². The van der Waals surface area contributed by atoms with Crippen LogP contribution in [0.15, 0.2) is 36.4 Å². The average Bonchev–Trinajstić information content (AvgIpc) is 2.51. The Kier molecular flexibility index (Phi) is 5.34. The van der Waals surface area contributed by atoms with Crippen LogP contribution in [-0.4, -0.2) is 23.2 Å². The second-order valence-electron chi connectivity index (χ2n) is 5.17. The van der Waals surface area contributed by atoms with Gasteiger partial charge in [-0.15, -0.1) is 0 Å². The molecule has 0 saturated heterocycles. The van der Waals surface area contributed by atoms with Gasteiger partial charge in [0.1, 0.15) is 0 Å². The third-order valence-corrected chi connectivity index (χ3v) is 3.97. The highest BCUT2D eigenvalue weighted by Gasteiger charge is 2.20. The second-order valence-corrected chi connectivity index (χ2v) is 5.61. The molecule has 0 radical (unpaired) electrons. The molecular weight excluding hydrogens is 318 g/mol. The van der Waals surface area contributed by atoms with Gasteiger partial charge in [0, 0.05) is 5.02 Å². The highest BCUT2D eigenvalue weighted by Crippen LogP contribution is 2.39. The van der Waals surface area contributed by atoms with E-state index in [0.717, 1.165) is 5.56 Å². The van der Waals surface area contributed by atoms with Crippen LogP contribution in [-0.2, 0) is 11.2 Å². The summed E-state index contributed by atoms with van der Waals surface area (Å²) in [6.45, 7) is 0. The topological polar surface area (TPSA) is 92.8 Å². The summed E-state index contributed by atoms with van der Waals surface area (Å²) in [6, 6.07) is 9.95. The van der Waals surface area contributed by atoms with E-state index in [1.165, 1.54) is 13.2 Å². The number of hydrogen-bond donors (Lipinski definition) is 3. The summed E-state index contributed by atoms with van der Waals surface area (Å²) < 4.78 is 4.96. The van der Waals surface area contributed by atoms with E-state index in [4.69, 9.17) is 22.1 Å². The number of primary amides is 1. The summed E-state index contributed by atoms with van der Waals surface area (Å²) in [5, 5.41) is 20.3. The molecule has 2 aromatic carbocycles. The SMILES string of the molecule is COc1c(O)ccc(CCC(C(N)=O)c2ccc(Cl)cc2)c1O. The highest BCUT2D eigenvalue weighted by molar-refractivity contribution is 6.30. The predicted molar refractivity (Wildman–Crippen MR) is 88.0 cm³/mol. The van der Waals surface area contributed by atoms with Crippen LogP contribution in [0.4, 0.5) is 0 Å². The van der Waals surface area contributed by atoms with Gasteiger partial charge < -0.3 is 20.7 Å². The number of aromatic hydroxyl groups is 2. The van der Waals surface area contributed by atoms with Gasteiger partial charge in [0.05, 0.1) is 13.0 Å². The third-order valence-electron chi connectivity index (χ3n) is 3.72. The molecule has 5 nitrogen and oxygen atoms in total. The first kappa shape index (κ1) is 17.0. The zero-order valence-corrected chi connectivity index (χ0v) is 13.4. The van der Waals surface area contributed by atoms with Crippen molar-refractivity contribution in [3.05, 3.63) is 52.5 Å². The molecule has 122 valence electrons. The van der Waals surface area contributed by atoms with Crippen molar-refractivity contribution in [1.82, 2.24) is 0 Å². The highest BCUT2D eigenvalue weighted by atomic mass is 35.5. The average molecular weight is 336 g/mol. The van der Waals surface area contributed by atoms with Gasteiger partial charge in [0.2, 0.25) is 11.7 Å². The van der Waals surface area contributed by atoms with Crippen molar-refractivity contribution in [2.75, 3.05) is 7.11 Å². The number of aryl methyl sites for hydroxylation is 1. The molecule has 2 aromatic rings. The number of ether oxygens (including phenoxy) is 1. The van der Waals surface area contributed by atoms with Crippen molar-refractivity contribution in [3.8, 4) is 17.2 Å². The zero-order chi connectivity index (χ0) is 17.0. The van der Waals surface area contributed by atoms with Crippen LogP contribution in [0.1, 0.15) is 23.5 Å². The van der Waals surface area contributed by atoms with E-state index >= 15 is 0 Å². The number of methoxy groups -OCH3 is 1. The number of phenols is 2. The maximum atomic E-state index is 11.7. The van der Waals surface area contributed by atoms with Crippen LogP contribution in [0.5, 0.6) is 17.2 Å². The lowest BCUT2D eigenvalue weighted by atomic mass is 9.91. The summed E-state index contributed by atoms with van der Waals surface area (Å²) in [7, 11) is 1.36. The smallest absolute Gasteiger partial charge is 0.224 e. The summed E-state index contributed by atoms with van der Waals surface area (Å²) in [6.07, 6.45) is 0.817. The quantitative estimate of drug-likeness (QED) is 0.756. The molecule has 0 aliphatic carbocycles. The van der Waals surface area contributed by atoms with Crippen LogP contribution in [0, 0.1) is 0 Å². The molecule has 0 heterocycles. The summed E-state index contributed by atoms with van der Waals surface area (Å²) in [5.41, 5.74) is 6.83. The summed E-state index contributed by atoms with van der Waals surface area (Å²) in [5.74, 6) is -1.20. The van der Waals surface area contributed by atoms with E-state index in [1.54, 1.807) is 30.3 Å². The monoisotopic (exact) mass is 335 g/mol. The van der Waals surface area contributed by atoms with Crippen molar-refractivity contribution in [2.45, 2.75) is 18.8 Å². The van der Waals surface area contributed by atoms with Gasteiger partial charge in [0.15, 0.2) is 11.5 Å². The molecule has 0 spiro atoms. The minimum absolute atomic E-state index is 0.0182. The second kappa shape index (κ2) is 7.24. The lowest BCUT2D eigenvalue weighted by molar-refractivity contribution is -0.119. The minimum Gasteiger partial charge on any atom is -0.504 e. The zero-order valence-electron chi connectivity index (χ0n) is 12.6. The Morgan fingerprint density at radius 2 is 1.87 bits per heavy atom. The molecule has 0 saturated carbocycles. The minimum atomic E-state index is -0.494. The molecule has 6 heteroatoms. The molecular formula is C17H18ClNO4. The van der Waals surface area contributed by atoms with Gasteiger partial charge in [-0.2, -0.15) is 0 Å². The standard InChI is InChI=1S/C17H18ClNO4/c1-23-16-14(20)9-5-11(15(16)21)4-8-13(17(19)22)10-2-6-12(18)7-3-10/h2-3,5-7,9,13,20-21H,4,8H2,1H3,(H2,19,22). The van der Waals surface area contributed by atoms with Crippen molar-refractivity contribution in [3.63, 3.8) is 0 Å². The van der Waals surface area contributed by atoms with E-state index in [-0.39, 0.29) is 17.2 Å². The lowest BCUT2D eigenvalue weighted by Crippen LogP contribution is -2.22. The maximum absolute atomic E-state index is 11.7. The number of carbonyl (C=O) groups excluding carboxylic acids is 1. The number of phenolic OH excluding ortho intramolecular Hbond substituents is 2. The predicted octanol–water partition coefficient (Wildman–Crippen LogP) is 2.96. The molecule has 0 aromatic heterocycles. The van der Waals surface area contributed by atoms with Gasteiger partial charge in [-0.3, -0.25) is 4.79 Å². The largest absolute Gasteiger partial charge is 0.504 e. The van der Waals surface area contributed by atoms with Crippen LogP contribution >= 0.6 is 11.6 Å². The Morgan fingerprint density at radius 1 is 1.22 bits per heavy atom. The fraction of sp³-hybridized carbons (Fsp3) is 0.235. The number of hydrogen-bond acceptors (Lipinski definition) is 4. The maximum Gasteiger partial charge on any atom is 0.224 e. The Balaban J connectivity index is 2.20. The van der Waals surface area contributed by atoms with Gasteiger partial charge in [-0.05, 0) is 42.2 Å². The summed E-state index contributed by atoms with van der Waals surface area (Å²) in [4.78, 5) is 11.7. The molecule has 2 rings (SSSR count). The molecule has 0 aliphatic heterocycles. The van der Waals surface area contributed by atoms with Crippen molar-refractivity contribution < 1.29 is 19.7 Å². The number of nitrogens with two attached hydrogens (primary N) is 1. The number of rotatable bonds is 6. The number of benzene rings is 2. The molecule has 23 heavy (non-hydrogen) atoms. The van der Waals surface area contributed by atoms with Gasteiger partial charge in [-0.1, -0.05) is 29.8 Å². The molecule has 1 atom stereocenters. The van der Waals surface area contributed by atoms with Crippen LogP contribution in [0.25, 0.3) is 0 Å². The van der Waals surface area contributed by atoms with Crippen LogP contribution in [0.3, 0.4) is 0 Å². The Labute approximate surface area is 139 Å². The van der Waals surface area contributed by atoms with Crippen molar-refractivity contribution >= 4 is 17.5 Å². The van der Waals surface area contributed by atoms with E-state index in [2.05, 4.69) is 0 Å². The molecule has 1 unspecified atom stereocenters. The van der Waals surface area contributed by atoms with Crippen molar-refractivity contribution in [2.24, 2.45) is 5.73 Å². The number of halogens is 1. The van der Waals surface area contributed by atoms with E-state index in [0.29, 0.717) is 23.4 Å². The fourth-order valence-corrected chi connectivity index (χ4v) is 2.60. The molecule has 0 aliphatic rings. The van der Waals surface area contributed by atoms with Crippen LogP contribution in [0.2, 0.25) is 5.02 Å². The Morgan fingerprint density at radius 3 is 2.43 bits per heavy atom. The van der Waals surface area contributed by atoms with Gasteiger partial charge in [-0.25, -0.2) is 0 Å². The molecule has 4 N–H and O–H groups in total. The van der Waals surface area contributed by atoms with E-state index in [1.807, 2.05) is 0 Å². The first-order valence-corrected chi connectivity index (χ1v) is 7.44. The van der Waals surface area contributed by atoms with E-state index in [9.17, 15) is 15.0 Å². The van der Waals surface area contributed by atoms with Gasteiger partial charge >= 0.3 is 0 Å². The Hall–Kier alpha value is -2.40.